The van der Waals surface area contributed by atoms with Crippen LogP contribution in [0.3, 0.4) is 0 Å². The highest BCUT2D eigenvalue weighted by atomic mass is 19.1. The molecule has 0 amide bonds. The summed E-state index contributed by atoms with van der Waals surface area (Å²) in [6.45, 7) is 4.67. The highest BCUT2D eigenvalue weighted by Crippen LogP contribution is 2.26. The summed E-state index contributed by atoms with van der Waals surface area (Å²) in [6.07, 6.45) is 1.78. The highest BCUT2D eigenvalue weighted by Gasteiger charge is 2.17. The predicted octanol–water partition coefficient (Wildman–Crippen LogP) is 3.24. The SMILES string of the molecule is CCNC(c1ccc(C)nc1)c1ccc(OC)cc1F. The standard InChI is InChI=1S/C16H19FN2O/c1-4-18-16(12-6-5-11(2)19-10-12)14-8-7-13(20-3)9-15(14)17/h5-10,16,18H,4H2,1-3H3. The fourth-order valence-corrected chi connectivity index (χ4v) is 2.13. The van der Waals surface area contributed by atoms with Gasteiger partial charge in [-0.2, -0.15) is 0 Å². The van der Waals surface area contributed by atoms with Gasteiger partial charge in [-0.3, -0.25) is 4.98 Å². The molecule has 2 rings (SSSR count). The number of methoxy groups -OCH3 is 1. The molecule has 2 aromatic rings. The fourth-order valence-electron chi connectivity index (χ4n) is 2.13. The number of halogens is 1. The quantitative estimate of drug-likeness (QED) is 0.909. The lowest BCUT2D eigenvalue weighted by atomic mass is 9.99. The second-order valence-electron chi connectivity index (χ2n) is 4.61. The Morgan fingerprint density at radius 1 is 1.30 bits per heavy atom. The highest BCUT2D eigenvalue weighted by molar-refractivity contribution is 5.36. The average molecular weight is 274 g/mol. The normalized spacial score (nSPS) is 12.2. The van der Waals surface area contributed by atoms with Gasteiger partial charge >= 0.3 is 0 Å². The Labute approximate surface area is 118 Å². The van der Waals surface area contributed by atoms with Gasteiger partial charge in [0.15, 0.2) is 0 Å². The number of ether oxygens (including phenoxy) is 1. The first-order valence-corrected chi connectivity index (χ1v) is 6.65. The predicted molar refractivity (Wildman–Crippen MR) is 77.4 cm³/mol. The molecule has 0 radical (unpaired) electrons. The molecule has 0 saturated carbocycles. The molecule has 0 saturated heterocycles. The van der Waals surface area contributed by atoms with Crippen LogP contribution in [0.5, 0.6) is 5.75 Å². The molecule has 1 heterocycles. The number of hydrogen-bond acceptors (Lipinski definition) is 3. The first-order chi connectivity index (χ1) is 9.65. The third kappa shape index (κ3) is 3.14. The number of nitrogens with one attached hydrogen (secondary N) is 1. The van der Waals surface area contributed by atoms with E-state index in [-0.39, 0.29) is 11.9 Å². The lowest BCUT2D eigenvalue weighted by Gasteiger charge is -2.19. The molecule has 1 N–H and O–H groups in total. The Kier molecular flexibility index (Phi) is 4.69. The van der Waals surface area contributed by atoms with Gasteiger partial charge in [0.05, 0.1) is 13.2 Å². The number of pyridine rings is 1. The van der Waals surface area contributed by atoms with Crippen LogP contribution < -0.4 is 10.1 Å². The maximum Gasteiger partial charge on any atom is 0.132 e. The minimum Gasteiger partial charge on any atom is -0.497 e. The van der Waals surface area contributed by atoms with Gasteiger partial charge in [0, 0.05) is 23.5 Å². The van der Waals surface area contributed by atoms with E-state index in [9.17, 15) is 4.39 Å². The zero-order valence-corrected chi connectivity index (χ0v) is 12.0. The van der Waals surface area contributed by atoms with Crippen LogP contribution in [0.25, 0.3) is 0 Å². The van der Waals surface area contributed by atoms with E-state index in [1.807, 2.05) is 26.0 Å². The molecular weight excluding hydrogens is 255 g/mol. The van der Waals surface area contributed by atoms with Crippen LogP contribution in [0, 0.1) is 12.7 Å². The first kappa shape index (κ1) is 14.5. The third-order valence-corrected chi connectivity index (χ3v) is 3.19. The molecule has 106 valence electrons. The molecule has 0 bridgehead atoms. The number of hydrogen-bond donors (Lipinski definition) is 1. The molecule has 1 unspecified atom stereocenters. The second kappa shape index (κ2) is 6.48. The third-order valence-electron chi connectivity index (χ3n) is 3.19. The summed E-state index contributed by atoms with van der Waals surface area (Å²) in [7, 11) is 1.53. The van der Waals surface area contributed by atoms with E-state index in [1.165, 1.54) is 13.2 Å². The van der Waals surface area contributed by atoms with Crippen molar-refractivity contribution in [3.8, 4) is 5.75 Å². The second-order valence-corrected chi connectivity index (χ2v) is 4.61. The Bertz CT molecular complexity index is 569. The summed E-state index contributed by atoms with van der Waals surface area (Å²) >= 11 is 0. The van der Waals surface area contributed by atoms with E-state index in [0.29, 0.717) is 11.3 Å². The molecule has 1 atom stereocenters. The number of aryl methyl sites for hydroxylation is 1. The summed E-state index contributed by atoms with van der Waals surface area (Å²) in [5.41, 5.74) is 2.49. The van der Waals surface area contributed by atoms with E-state index >= 15 is 0 Å². The molecule has 0 aliphatic carbocycles. The molecule has 0 aliphatic heterocycles. The Hall–Kier alpha value is -1.94. The Balaban J connectivity index is 2.40. The van der Waals surface area contributed by atoms with E-state index in [1.54, 1.807) is 18.3 Å². The van der Waals surface area contributed by atoms with Gasteiger partial charge in [-0.25, -0.2) is 4.39 Å². The topological polar surface area (TPSA) is 34.2 Å². The van der Waals surface area contributed by atoms with Crippen molar-refractivity contribution in [1.82, 2.24) is 10.3 Å². The maximum absolute atomic E-state index is 14.2. The van der Waals surface area contributed by atoms with E-state index in [2.05, 4.69) is 10.3 Å². The lowest BCUT2D eigenvalue weighted by Crippen LogP contribution is -2.23. The van der Waals surface area contributed by atoms with Crippen LogP contribution in [0.15, 0.2) is 36.5 Å². The van der Waals surface area contributed by atoms with Crippen LogP contribution >= 0.6 is 0 Å². The molecule has 0 fully saturated rings. The molecule has 3 nitrogen and oxygen atoms in total. The molecule has 1 aromatic heterocycles. The van der Waals surface area contributed by atoms with Gasteiger partial charge in [-0.15, -0.1) is 0 Å². The number of nitrogens with zero attached hydrogens (tertiary/aromatic N) is 1. The molecule has 0 aliphatic rings. The van der Waals surface area contributed by atoms with E-state index in [4.69, 9.17) is 4.74 Å². The van der Waals surface area contributed by atoms with Gasteiger partial charge in [0.2, 0.25) is 0 Å². The van der Waals surface area contributed by atoms with E-state index < -0.39 is 0 Å². The van der Waals surface area contributed by atoms with Crippen molar-refractivity contribution in [1.29, 1.82) is 0 Å². The van der Waals surface area contributed by atoms with Crippen LogP contribution in [0.1, 0.15) is 29.8 Å². The van der Waals surface area contributed by atoms with Crippen molar-refractivity contribution in [2.75, 3.05) is 13.7 Å². The summed E-state index contributed by atoms with van der Waals surface area (Å²) in [5.74, 6) is 0.236. The molecule has 0 spiro atoms. The summed E-state index contributed by atoms with van der Waals surface area (Å²) in [4.78, 5) is 4.28. The van der Waals surface area contributed by atoms with Crippen LogP contribution in [0.4, 0.5) is 4.39 Å². The zero-order chi connectivity index (χ0) is 14.5. The zero-order valence-electron chi connectivity index (χ0n) is 12.0. The number of benzene rings is 1. The van der Waals surface area contributed by atoms with Gasteiger partial charge in [0.25, 0.3) is 0 Å². The molecular formula is C16H19FN2O. The van der Waals surface area contributed by atoms with Crippen molar-refractivity contribution in [2.24, 2.45) is 0 Å². The molecule has 20 heavy (non-hydrogen) atoms. The first-order valence-electron chi connectivity index (χ1n) is 6.65. The molecule has 1 aromatic carbocycles. The number of rotatable bonds is 5. The van der Waals surface area contributed by atoms with Crippen molar-refractivity contribution in [3.05, 3.63) is 59.2 Å². The van der Waals surface area contributed by atoms with Gasteiger partial charge in [0.1, 0.15) is 11.6 Å². The van der Waals surface area contributed by atoms with Crippen molar-refractivity contribution >= 4 is 0 Å². The maximum atomic E-state index is 14.2. The van der Waals surface area contributed by atoms with Crippen LogP contribution in [0.2, 0.25) is 0 Å². The lowest BCUT2D eigenvalue weighted by molar-refractivity contribution is 0.410. The van der Waals surface area contributed by atoms with Gasteiger partial charge in [-0.05, 0) is 31.2 Å². The Morgan fingerprint density at radius 2 is 2.10 bits per heavy atom. The molecule has 4 heteroatoms. The summed E-state index contributed by atoms with van der Waals surface area (Å²) < 4.78 is 19.3. The largest absolute Gasteiger partial charge is 0.497 e. The van der Waals surface area contributed by atoms with Crippen molar-refractivity contribution in [3.63, 3.8) is 0 Å². The fraction of sp³-hybridized carbons (Fsp3) is 0.312. The van der Waals surface area contributed by atoms with Gasteiger partial charge < -0.3 is 10.1 Å². The minimum absolute atomic E-state index is 0.209. The Morgan fingerprint density at radius 3 is 2.65 bits per heavy atom. The van der Waals surface area contributed by atoms with Crippen molar-refractivity contribution in [2.45, 2.75) is 19.9 Å². The van der Waals surface area contributed by atoms with E-state index in [0.717, 1.165) is 17.8 Å². The monoisotopic (exact) mass is 274 g/mol. The number of aromatic nitrogens is 1. The minimum atomic E-state index is -0.282. The van der Waals surface area contributed by atoms with Gasteiger partial charge in [-0.1, -0.05) is 19.1 Å². The summed E-state index contributed by atoms with van der Waals surface area (Å²) in [6, 6.07) is 8.62. The average Bonchev–Trinajstić information content (AvgIpc) is 2.46. The van der Waals surface area contributed by atoms with Crippen LogP contribution in [-0.2, 0) is 0 Å². The smallest absolute Gasteiger partial charge is 0.132 e. The van der Waals surface area contributed by atoms with Crippen LogP contribution in [-0.4, -0.2) is 18.6 Å². The summed E-state index contributed by atoms with van der Waals surface area (Å²) in [5, 5.41) is 3.29. The van der Waals surface area contributed by atoms with Crippen molar-refractivity contribution < 1.29 is 9.13 Å².